The Labute approximate surface area is 133 Å². The first-order valence-electron chi connectivity index (χ1n) is 7.34. The van der Waals surface area contributed by atoms with E-state index < -0.39 is 4.92 Å². The highest BCUT2D eigenvalue weighted by Crippen LogP contribution is 2.08. The molecule has 120 valence electrons. The lowest BCUT2D eigenvalue weighted by Crippen LogP contribution is -1.99. The van der Waals surface area contributed by atoms with Gasteiger partial charge in [-0.15, -0.1) is 0 Å². The standard InChI is InChI=1S/C13H10O.2C2H6.CH3NO2/c14-13(11-7-3-1-4-8-11)12-9-5-2-6-10-12;2*1-2;1-2(3)4/h1-10H;2*1-2H3;1H3. The number of ketones is 1. The van der Waals surface area contributed by atoms with E-state index in [9.17, 15) is 4.79 Å². The second-order valence-electron chi connectivity index (χ2n) is 3.50. The number of rotatable bonds is 2. The SMILES string of the molecule is CC.CC.C[N+](=O)[O-].O=C(c1ccccc1)c1ccccc1. The van der Waals surface area contributed by atoms with E-state index in [1.807, 2.05) is 88.4 Å². The topological polar surface area (TPSA) is 60.2 Å². The molecule has 0 atom stereocenters. The molecule has 0 bridgehead atoms. The zero-order valence-electron chi connectivity index (χ0n) is 13.9. The molecular formula is C18H25NO3. The number of carbonyl (C=O) groups is 1. The van der Waals surface area contributed by atoms with Crippen LogP contribution in [0.2, 0.25) is 0 Å². The highest BCUT2D eigenvalue weighted by molar-refractivity contribution is 6.08. The first-order valence-corrected chi connectivity index (χ1v) is 7.34. The van der Waals surface area contributed by atoms with Crippen LogP contribution in [0, 0.1) is 10.1 Å². The number of hydrogen-bond donors (Lipinski definition) is 0. The number of nitro groups is 1. The van der Waals surface area contributed by atoms with E-state index in [1.54, 1.807) is 0 Å². The third kappa shape index (κ3) is 10.3. The number of hydrogen-bond acceptors (Lipinski definition) is 3. The quantitative estimate of drug-likeness (QED) is 0.452. The molecule has 0 unspecified atom stereocenters. The fourth-order valence-corrected chi connectivity index (χ4v) is 1.35. The second kappa shape index (κ2) is 14.9. The Morgan fingerprint density at radius 2 is 1.00 bits per heavy atom. The normalized spacial score (nSPS) is 7.86. The van der Waals surface area contributed by atoms with E-state index in [2.05, 4.69) is 0 Å². The van der Waals surface area contributed by atoms with Crippen LogP contribution in [0.3, 0.4) is 0 Å². The maximum absolute atomic E-state index is 11.8. The van der Waals surface area contributed by atoms with Crippen LogP contribution in [0.5, 0.6) is 0 Å². The maximum atomic E-state index is 11.8. The molecule has 0 aromatic heterocycles. The average molecular weight is 303 g/mol. The first kappa shape index (κ1) is 21.8. The summed E-state index contributed by atoms with van der Waals surface area (Å²) in [7, 11) is 0.889. The minimum Gasteiger partial charge on any atom is -0.289 e. The Morgan fingerprint density at radius 1 is 0.773 bits per heavy atom. The van der Waals surface area contributed by atoms with Gasteiger partial charge >= 0.3 is 0 Å². The molecule has 0 saturated carbocycles. The van der Waals surface area contributed by atoms with Gasteiger partial charge < -0.3 is 0 Å². The average Bonchev–Trinajstić information content (AvgIpc) is 2.59. The Kier molecular flexibility index (Phi) is 14.8. The lowest BCUT2D eigenvalue weighted by atomic mass is 10.0. The highest BCUT2D eigenvalue weighted by Gasteiger charge is 2.06. The molecule has 22 heavy (non-hydrogen) atoms. The minimum absolute atomic E-state index is 0.0752. The molecule has 4 heteroatoms. The van der Waals surface area contributed by atoms with Crippen molar-refractivity contribution in [2.75, 3.05) is 7.05 Å². The van der Waals surface area contributed by atoms with Gasteiger partial charge in [-0.3, -0.25) is 14.9 Å². The maximum Gasteiger partial charge on any atom is 0.194 e. The van der Waals surface area contributed by atoms with Crippen molar-refractivity contribution in [2.45, 2.75) is 27.7 Å². The van der Waals surface area contributed by atoms with Crippen molar-refractivity contribution in [3.63, 3.8) is 0 Å². The molecule has 0 spiro atoms. The Balaban J connectivity index is 0. The van der Waals surface area contributed by atoms with Gasteiger partial charge in [-0.1, -0.05) is 88.4 Å². The van der Waals surface area contributed by atoms with Crippen LogP contribution >= 0.6 is 0 Å². The van der Waals surface area contributed by atoms with Gasteiger partial charge in [0.1, 0.15) is 0 Å². The van der Waals surface area contributed by atoms with Crippen LogP contribution in [0.15, 0.2) is 60.7 Å². The molecule has 0 amide bonds. The van der Waals surface area contributed by atoms with Gasteiger partial charge in [0.15, 0.2) is 12.8 Å². The van der Waals surface area contributed by atoms with E-state index in [1.165, 1.54) is 0 Å². The van der Waals surface area contributed by atoms with Crippen LogP contribution in [0.4, 0.5) is 0 Å². The summed E-state index contributed by atoms with van der Waals surface area (Å²) in [5.74, 6) is 0.0752. The molecule has 0 radical (unpaired) electrons. The van der Waals surface area contributed by atoms with E-state index in [-0.39, 0.29) is 5.78 Å². The Bertz CT molecular complexity index is 465. The number of carbonyl (C=O) groups excluding carboxylic acids is 1. The van der Waals surface area contributed by atoms with Gasteiger partial charge in [0.25, 0.3) is 0 Å². The summed E-state index contributed by atoms with van der Waals surface area (Å²) in [6, 6.07) is 18.6. The molecule has 0 saturated heterocycles. The summed E-state index contributed by atoms with van der Waals surface area (Å²) < 4.78 is 0. The first-order chi connectivity index (χ1) is 10.6. The molecular weight excluding hydrogens is 278 g/mol. The van der Waals surface area contributed by atoms with E-state index in [0.717, 1.165) is 18.2 Å². The molecule has 0 heterocycles. The number of nitrogens with zero attached hydrogens (tertiary/aromatic N) is 1. The van der Waals surface area contributed by atoms with E-state index in [4.69, 9.17) is 10.1 Å². The van der Waals surface area contributed by atoms with Crippen LogP contribution in [-0.4, -0.2) is 17.8 Å². The van der Waals surface area contributed by atoms with Gasteiger partial charge in [0.2, 0.25) is 0 Å². The molecule has 0 aliphatic heterocycles. The van der Waals surface area contributed by atoms with Crippen LogP contribution in [0.1, 0.15) is 43.6 Å². The molecule has 0 aliphatic rings. The van der Waals surface area contributed by atoms with Crippen molar-refractivity contribution in [1.29, 1.82) is 0 Å². The summed E-state index contributed by atoms with van der Waals surface area (Å²) in [4.78, 5) is 20.2. The van der Waals surface area contributed by atoms with E-state index in [0.29, 0.717) is 0 Å². The molecule has 0 fully saturated rings. The van der Waals surface area contributed by atoms with Crippen molar-refractivity contribution in [3.05, 3.63) is 81.9 Å². The van der Waals surface area contributed by atoms with Crippen molar-refractivity contribution in [3.8, 4) is 0 Å². The predicted octanol–water partition coefficient (Wildman–Crippen LogP) is 4.86. The zero-order chi connectivity index (χ0) is 17.4. The summed E-state index contributed by atoms with van der Waals surface area (Å²) in [6.45, 7) is 8.00. The lowest BCUT2D eigenvalue weighted by Gasteiger charge is -1.99. The fraction of sp³-hybridized carbons (Fsp3) is 0.278. The molecule has 0 N–H and O–H groups in total. The monoisotopic (exact) mass is 303 g/mol. The number of benzene rings is 2. The molecule has 2 rings (SSSR count). The highest BCUT2D eigenvalue weighted by atomic mass is 16.6. The molecule has 2 aromatic rings. The summed E-state index contributed by atoms with van der Waals surface area (Å²) in [5, 5.41) is 8.81. The smallest absolute Gasteiger partial charge is 0.194 e. The van der Waals surface area contributed by atoms with Crippen molar-refractivity contribution in [2.24, 2.45) is 0 Å². The van der Waals surface area contributed by atoms with Crippen LogP contribution in [0.25, 0.3) is 0 Å². The van der Waals surface area contributed by atoms with Gasteiger partial charge in [0.05, 0.1) is 0 Å². The Hall–Kier alpha value is -2.49. The van der Waals surface area contributed by atoms with Crippen molar-refractivity contribution >= 4 is 5.78 Å². The fourth-order valence-electron chi connectivity index (χ4n) is 1.35. The largest absolute Gasteiger partial charge is 0.289 e. The van der Waals surface area contributed by atoms with Gasteiger partial charge in [-0.05, 0) is 0 Å². The van der Waals surface area contributed by atoms with Crippen molar-refractivity contribution < 1.29 is 9.72 Å². The zero-order valence-corrected chi connectivity index (χ0v) is 13.9. The predicted molar refractivity (Wildman–Crippen MR) is 91.9 cm³/mol. The third-order valence-corrected chi connectivity index (χ3v) is 2.07. The van der Waals surface area contributed by atoms with Crippen molar-refractivity contribution in [1.82, 2.24) is 0 Å². The lowest BCUT2D eigenvalue weighted by molar-refractivity contribution is -0.445. The Morgan fingerprint density at radius 3 is 1.23 bits per heavy atom. The van der Waals surface area contributed by atoms with Crippen LogP contribution in [-0.2, 0) is 0 Å². The van der Waals surface area contributed by atoms with Gasteiger partial charge in [0, 0.05) is 16.1 Å². The van der Waals surface area contributed by atoms with Crippen LogP contribution < -0.4 is 0 Å². The molecule has 4 nitrogen and oxygen atoms in total. The molecule has 0 aliphatic carbocycles. The van der Waals surface area contributed by atoms with Gasteiger partial charge in [-0.25, -0.2) is 0 Å². The molecule has 2 aromatic carbocycles. The second-order valence-corrected chi connectivity index (χ2v) is 3.50. The van der Waals surface area contributed by atoms with E-state index >= 15 is 0 Å². The minimum atomic E-state index is -0.500. The summed E-state index contributed by atoms with van der Waals surface area (Å²) in [5.41, 5.74) is 1.47. The summed E-state index contributed by atoms with van der Waals surface area (Å²) in [6.07, 6.45) is 0. The summed E-state index contributed by atoms with van der Waals surface area (Å²) >= 11 is 0. The van der Waals surface area contributed by atoms with Gasteiger partial charge in [-0.2, -0.15) is 0 Å². The third-order valence-electron chi connectivity index (χ3n) is 2.07.